The Labute approximate surface area is 124 Å². The first-order valence-electron chi connectivity index (χ1n) is 5.95. The highest BCUT2D eigenvalue weighted by Crippen LogP contribution is 2.18. The molecule has 3 aromatic rings. The number of halogens is 1. The first-order valence-corrected chi connectivity index (χ1v) is 7.21. The van der Waals surface area contributed by atoms with Gasteiger partial charge in [-0.3, -0.25) is 0 Å². The van der Waals surface area contributed by atoms with E-state index in [1.807, 2.05) is 29.6 Å². The number of nitrogens with zero attached hydrogens (tertiary/aromatic N) is 3. The minimum Gasteiger partial charge on any atom is -0.375 e. The van der Waals surface area contributed by atoms with Gasteiger partial charge in [0.1, 0.15) is 0 Å². The van der Waals surface area contributed by atoms with Gasteiger partial charge in [-0.15, -0.1) is 11.3 Å². The van der Waals surface area contributed by atoms with Gasteiger partial charge in [-0.2, -0.15) is 4.98 Å². The summed E-state index contributed by atoms with van der Waals surface area (Å²) in [5.41, 5.74) is 7.39. The van der Waals surface area contributed by atoms with Crippen LogP contribution in [0.4, 0.5) is 5.13 Å². The second-order valence-electron chi connectivity index (χ2n) is 4.23. The maximum atomic E-state index is 6.10. The van der Waals surface area contributed by atoms with E-state index in [2.05, 4.69) is 15.1 Å². The van der Waals surface area contributed by atoms with Gasteiger partial charge in [0.05, 0.1) is 12.1 Å². The standard InChI is InChI=1S/C13H11ClN4OS/c14-10-4-2-1-3-8(10)5-11-17-12(19-18-11)6-9-7-20-13(15)16-9/h1-4,7H,5-6H2,(H2,15,16). The van der Waals surface area contributed by atoms with Crippen molar-refractivity contribution in [2.24, 2.45) is 0 Å². The van der Waals surface area contributed by atoms with Crippen molar-refractivity contribution in [1.29, 1.82) is 0 Å². The summed E-state index contributed by atoms with van der Waals surface area (Å²) in [6, 6.07) is 7.61. The second kappa shape index (κ2) is 5.60. The Morgan fingerprint density at radius 3 is 2.80 bits per heavy atom. The van der Waals surface area contributed by atoms with Gasteiger partial charge in [0, 0.05) is 16.8 Å². The van der Waals surface area contributed by atoms with Crippen molar-refractivity contribution in [2.45, 2.75) is 12.8 Å². The van der Waals surface area contributed by atoms with E-state index in [-0.39, 0.29) is 0 Å². The van der Waals surface area contributed by atoms with Crippen LogP contribution in [0.1, 0.15) is 23.0 Å². The SMILES string of the molecule is Nc1nc(Cc2nc(Cc3ccccc3Cl)no2)cs1. The molecule has 5 nitrogen and oxygen atoms in total. The molecule has 0 atom stereocenters. The number of thiazole rings is 1. The van der Waals surface area contributed by atoms with E-state index in [4.69, 9.17) is 21.9 Å². The minimum atomic E-state index is 0.489. The molecule has 0 amide bonds. The van der Waals surface area contributed by atoms with E-state index in [9.17, 15) is 0 Å². The average molecular weight is 307 g/mol. The number of anilines is 1. The fourth-order valence-corrected chi connectivity index (χ4v) is 2.57. The predicted molar refractivity (Wildman–Crippen MR) is 77.9 cm³/mol. The van der Waals surface area contributed by atoms with Gasteiger partial charge in [0.15, 0.2) is 11.0 Å². The molecule has 0 aliphatic heterocycles. The van der Waals surface area contributed by atoms with Crippen molar-refractivity contribution in [3.05, 3.63) is 57.6 Å². The number of hydrogen-bond acceptors (Lipinski definition) is 6. The van der Waals surface area contributed by atoms with Crippen LogP contribution < -0.4 is 5.73 Å². The Morgan fingerprint density at radius 1 is 1.20 bits per heavy atom. The van der Waals surface area contributed by atoms with Crippen molar-refractivity contribution >= 4 is 28.1 Å². The maximum absolute atomic E-state index is 6.10. The van der Waals surface area contributed by atoms with Gasteiger partial charge in [-0.25, -0.2) is 4.98 Å². The highest BCUT2D eigenvalue weighted by Gasteiger charge is 2.11. The Hall–Kier alpha value is -1.92. The first-order chi connectivity index (χ1) is 9.70. The summed E-state index contributed by atoms with van der Waals surface area (Å²) in [6.07, 6.45) is 1.03. The molecule has 2 N–H and O–H groups in total. The van der Waals surface area contributed by atoms with Crippen LogP contribution >= 0.6 is 22.9 Å². The Kier molecular flexibility index (Phi) is 3.66. The molecule has 0 unspecified atom stereocenters. The van der Waals surface area contributed by atoms with Gasteiger partial charge in [-0.1, -0.05) is 35.0 Å². The van der Waals surface area contributed by atoms with Crippen LogP contribution in [0.2, 0.25) is 5.02 Å². The summed E-state index contributed by atoms with van der Waals surface area (Å²) in [7, 11) is 0. The zero-order valence-corrected chi connectivity index (χ0v) is 12.0. The molecule has 2 heterocycles. The topological polar surface area (TPSA) is 77.8 Å². The zero-order chi connectivity index (χ0) is 13.9. The monoisotopic (exact) mass is 306 g/mol. The van der Waals surface area contributed by atoms with Crippen molar-refractivity contribution in [2.75, 3.05) is 5.73 Å². The number of benzene rings is 1. The van der Waals surface area contributed by atoms with Crippen LogP contribution in [0.5, 0.6) is 0 Å². The average Bonchev–Trinajstić information content (AvgIpc) is 3.02. The van der Waals surface area contributed by atoms with Crippen molar-refractivity contribution in [3.8, 4) is 0 Å². The number of nitrogen functional groups attached to an aromatic ring is 1. The highest BCUT2D eigenvalue weighted by atomic mass is 35.5. The molecule has 0 bridgehead atoms. The molecule has 20 heavy (non-hydrogen) atoms. The van der Waals surface area contributed by atoms with Crippen LogP contribution in [0, 0.1) is 0 Å². The molecule has 0 radical (unpaired) electrons. The number of nitrogens with two attached hydrogens (primary N) is 1. The van der Waals surface area contributed by atoms with Crippen molar-refractivity contribution in [3.63, 3.8) is 0 Å². The lowest BCUT2D eigenvalue weighted by molar-refractivity contribution is 0.379. The van der Waals surface area contributed by atoms with Crippen molar-refractivity contribution in [1.82, 2.24) is 15.1 Å². The van der Waals surface area contributed by atoms with Gasteiger partial charge in [0.25, 0.3) is 0 Å². The summed E-state index contributed by atoms with van der Waals surface area (Å²) in [5, 5.41) is 7.08. The third-order valence-electron chi connectivity index (χ3n) is 2.72. The van der Waals surface area contributed by atoms with Crippen LogP contribution in [-0.2, 0) is 12.8 Å². The number of aromatic nitrogens is 3. The molecule has 0 aliphatic carbocycles. The lowest BCUT2D eigenvalue weighted by Crippen LogP contribution is -1.93. The fourth-order valence-electron chi connectivity index (χ4n) is 1.80. The van der Waals surface area contributed by atoms with E-state index >= 15 is 0 Å². The summed E-state index contributed by atoms with van der Waals surface area (Å²) >= 11 is 7.50. The lowest BCUT2D eigenvalue weighted by atomic mass is 10.1. The number of rotatable bonds is 4. The molecular formula is C13H11ClN4OS. The largest absolute Gasteiger partial charge is 0.375 e. The molecular weight excluding hydrogens is 296 g/mol. The van der Waals surface area contributed by atoms with Crippen LogP contribution in [0.25, 0.3) is 0 Å². The third-order valence-corrected chi connectivity index (χ3v) is 3.81. The Bertz CT molecular complexity index is 724. The maximum Gasteiger partial charge on any atom is 0.232 e. The Balaban J connectivity index is 1.72. The van der Waals surface area contributed by atoms with E-state index < -0.39 is 0 Å². The molecule has 0 spiro atoms. The molecule has 0 saturated heterocycles. The molecule has 0 fully saturated rings. The summed E-state index contributed by atoms with van der Waals surface area (Å²) in [5.74, 6) is 1.13. The first kappa shape index (κ1) is 13.1. The number of hydrogen-bond donors (Lipinski definition) is 1. The summed E-state index contributed by atoms with van der Waals surface area (Å²) in [4.78, 5) is 8.50. The van der Waals surface area contributed by atoms with Crippen LogP contribution in [0.3, 0.4) is 0 Å². The van der Waals surface area contributed by atoms with Crippen LogP contribution in [-0.4, -0.2) is 15.1 Å². The summed E-state index contributed by atoms with van der Waals surface area (Å²) in [6.45, 7) is 0. The van der Waals surface area contributed by atoms with Crippen LogP contribution in [0.15, 0.2) is 34.2 Å². The zero-order valence-electron chi connectivity index (χ0n) is 10.4. The van der Waals surface area contributed by atoms with Crippen molar-refractivity contribution < 1.29 is 4.52 Å². The van der Waals surface area contributed by atoms with Gasteiger partial charge >= 0.3 is 0 Å². The van der Waals surface area contributed by atoms with E-state index in [0.29, 0.717) is 34.7 Å². The Morgan fingerprint density at radius 2 is 2.05 bits per heavy atom. The molecule has 1 aromatic carbocycles. The molecule has 7 heteroatoms. The molecule has 2 aromatic heterocycles. The molecule has 102 valence electrons. The molecule has 3 rings (SSSR count). The fraction of sp³-hybridized carbons (Fsp3) is 0.154. The quantitative estimate of drug-likeness (QED) is 0.802. The van der Waals surface area contributed by atoms with E-state index in [1.54, 1.807) is 0 Å². The summed E-state index contributed by atoms with van der Waals surface area (Å²) < 4.78 is 5.21. The van der Waals surface area contributed by atoms with E-state index in [1.165, 1.54) is 11.3 Å². The van der Waals surface area contributed by atoms with Gasteiger partial charge in [0.2, 0.25) is 5.89 Å². The second-order valence-corrected chi connectivity index (χ2v) is 5.52. The predicted octanol–water partition coefficient (Wildman–Crippen LogP) is 2.94. The minimum absolute atomic E-state index is 0.489. The third kappa shape index (κ3) is 2.97. The van der Waals surface area contributed by atoms with E-state index in [0.717, 1.165) is 11.3 Å². The molecule has 0 aliphatic rings. The highest BCUT2D eigenvalue weighted by molar-refractivity contribution is 7.13. The lowest BCUT2D eigenvalue weighted by Gasteiger charge is -1.98. The smallest absolute Gasteiger partial charge is 0.232 e. The van der Waals surface area contributed by atoms with Gasteiger partial charge < -0.3 is 10.3 Å². The molecule has 0 saturated carbocycles. The normalized spacial score (nSPS) is 10.8. The van der Waals surface area contributed by atoms with Gasteiger partial charge in [-0.05, 0) is 11.6 Å².